The van der Waals surface area contributed by atoms with Crippen LogP contribution in [0.5, 0.6) is 0 Å². The summed E-state index contributed by atoms with van der Waals surface area (Å²) in [7, 11) is 1.81. The van der Waals surface area contributed by atoms with Gasteiger partial charge < -0.3 is 5.32 Å². The molecule has 0 spiro atoms. The van der Waals surface area contributed by atoms with Crippen LogP contribution in [-0.4, -0.2) is 22.0 Å². The fourth-order valence-electron chi connectivity index (χ4n) is 1.36. The van der Waals surface area contributed by atoms with Crippen molar-refractivity contribution < 1.29 is 4.39 Å². The first-order chi connectivity index (χ1) is 8.11. The highest BCUT2D eigenvalue weighted by molar-refractivity contribution is 6.35. The van der Waals surface area contributed by atoms with E-state index in [2.05, 4.69) is 15.6 Å². The minimum Gasteiger partial charge on any atom is -0.314 e. The molecule has 0 radical (unpaired) electrons. The van der Waals surface area contributed by atoms with E-state index in [9.17, 15) is 4.39 Å². The van der Waals surface area contributed by atoms with Crippen molar-refractivity contribution in [3.63, 3.8) is 0 Å². The van der Waals surface area contributed by atoms with Crippen molar-refractivity contribution in [1.29, 1.82) is 0 Å². The fourth-order valence-corrected chi connectivity index (χ4v) is 1.84. The maximum atomic E-state index is 13.2. The summed E-state index contributed by atoms with van der Waals surface area (Å²) in [5.74, 6) is -0.632. The Kier molecular flexibility index (Phi) is 3.61. The SMILES string of the molecule is CNCc1cn(-c2cc(Cl)c(F)c(Cl)c2)nn1. The lowest BCUT2D eigenvalue weighted by Crippen LogP contribution is -2.05. The zero-order valence-corrected chi connectivity index (χ0v) is 10.4. The van der Waals surface area contributed by atoms with Crippen LogP contribution in [0.1, 0.15) is 5.69 Å². The Morgan fingerprint density at radius 1 is 1.35 bits per heavy atom. The minimum atomic E-state index is -0.632. The largest absolute Gasteiger partial charge is 0.314 e. The average molecular weight is 275 g/mol. The van der Waals surface area contributed by atoms with Crippen molar-refractivity contribution in [1.82, 2.24) is 20.3 Å². The van der Waals surface area contributed by atoms with Gasteiger partial charge in [0.15, 0.2) is 5.82 Å². The molecule has 0 aliphatic carbocycles. The van der Waals surface area contributed by atoms with Crippen molar-refractivity contribution in [3.05, 3.63) is 39.9 Å². The van der Waals surface area contributed by atoms with Gasteiger partial charge in [-0.05, 0) is 19.2 Å². The lowest BCUT2D eigenvalue weighted by atomic mass is 10.3. The van der Waals surface area contributed by atoms with Gasteiger partial charge >= 0.3 is 0 Å². The summed E-state index contributed by atoms with van der Waals surface area (Å²) in [5, 5.41) is 10.7. The standard InChI is InChI=1S/C10H9Cl2FN4/c1-14-4-6-5-17(16-15-6)7-2-8(11)10(13)9(12)3-7/h2-3,5,14H,4H2,1H3. The first-order valence-electron chi connectivity index (χ1n) is 4.82. The molecule has 4 nitrogen and oxygen atoms in total. The molecular formula is C10H9Cl2FN4. The van der Waals surface area contributed by atoms with Crippen LogP contribution in [-0.2, 0) is 6.54 Å². The van der Waals surface area contributed by atoms with Crippen LogP contribution in [0.15, 0.2) is 18.3 Å². The predicted octanol–water partition coefficient (Wildman–Crippen LogP) is 2.43. The quantitative estimate of drug-likeness (QED) is 0.875. The van der Waals surface area contributed by atoms with Crippen LogP contribution in [0.2, 0.25) is 10.0 Å². The topological polar surface area (TPSA) is 42.7 Å². The van der Waals surface area contributed by atoms with Gasteiger partial charge in [-0.25, -0.2) is 9.07 Å². The molecule has 7 heteroatoms. The minimum absolute atomic E-state index is 0.0434. The van der Waals surface area contributed by atoms with E-state index in [0.29, 0.717) is 12.2 Å². The van der Waals surface area contributed by atoms with E-state index in [4.69, 9.17) is 23.2 Å². The molecule has 0 fully saturated rings. The van der Waals surface area contributed by atoms with Crippen molar-refractivity contribution >= 4 is 23.2 Å². The molecule has 0 amide bonds. The number of benzene rings is 1. The van der Waals surface area contributed by atoms with E-state index >= 15 is 0 Å². The zero-order chi connectivity index (χ0) is 12.4. The first kappa shape index (κ1) is 12.3. The number of aromatic nitrogens is 3. The van der Waals surface area contributed by atoms with Gasteiger partial charge in [-0.15, -0.1) is 5.10 Å². The Hall–Kier alpha value is -1.17. The maximum Gasteiger partial charge on any atom is 0.160 e. The third-order valence-corrected chi connectivity index (χ3v) is 2.68. The van der Waals surface area contributed by atoms with Gasteiger partial charge in [-0.3, -0.25) is 0 Å². The molecule has 0 saturated heterocycles. The molecular weight excluding hydrogens is 266 g/mol. The Bertz CT molecular complexity index is 518. The number of hydrogen-bond donors (Lipinski definition) is 1. The zero-order valence-electron chi connectivity index (χ0n) is 8.91. The summed E-state index contributed by atoms with van der Waals surface area (Å²) in [5.41, 5.74) is 1.33. The molecule has 0 atom stereocenters. The van der Waals surface area contributed by atoms with E-state index in [1.807, 2.05) is 7.05 Å². The third-order valence-electron chi connectivity index (χ3n) is 2.13. The molecule has 1 N–H and O–H groups in total. The van der Waals surface area contributed by atoms with Crippen molar-refractivity contribution in [2.24, 2.45) is 0 Å². The monoisotopic (exact) mass is 274 g/mol. The van der Waals surface area contributed by atoms with Crippen molar-refractivity contribution in [2.45, 2.75) is 6.54 Å². The van der Waals surface area contributed by atoms with Gasteiger partial charge in [-0.2, -0.15) is 0 Å². The molecule has 90 valence electrons. The highest BCUT2D eigenvalue weighted by Gasteiger charge is 2.10. The fraction of sp³-hybridized carbons (Fsp3) is 0.200. The number of hydrogen-bond acceptors (Lipinski definition) is 3. The summed E-state index contributed by atoms with van der Waals surface area (Å²) in [6, 6.07) is 2.89. The van der Waals surface area contributed by atoms with Gasteiger partial charge in [0.25, 0.3) is 0 Å². The average Bonchev–Trinajstić information content (AvgIpc) is 2.74. The highest BCUT2D eigenvalue weighted by atomic mass is 35.5. The second-order valence-electron chi connectivity index (χ2n) is 3.41. The summed E-state index contributed by atoms with van der Waals surface area (Å²) in [6.45, 7) is 0.600. The van der Waals surface area contributed by atoms with Gasteiger partial charge in [0, 0.05) is 6.54 Å². The van der Waals surface area contributed by atoms with E-state index in [1.54, 1.807) is 6.20 Å². The van der Waals surface area contributed by atoms with Crippen LogP contribution in [0, 0.1) is 5.82 Å². The molecule has 1 aromatic carbocycles. The molecule has 0 bridgehead atoms. The predicted molar refractivity (Wildman–Crippen MR) is 64.1 cm³/mol. The van der Waals surface area contributed by atoms with E-state index in [-0.39, 0.29) is 10.0 Å². The molecule has 0 unspecified atom stereocenters. The number of rotatable bonds is 3. The van der Waals surface area contributed by atoms with Crippen LogP contribution >= 0.6 is 23.2 Å². The number of halogens is 3. The second kappa shape index (κ2) is 5.00. The van der Waals surface area contributed by atoms with Crippen LogP contribution in [0.4, 0.5) is 4.39 Å². The van der Waals surface area contributed by atoms with E-state index in [1.165, 1.54) is 16.8 Å². The normalized spacial score (nSPS) is 10.8. The molecule has 2 rings (SSSR count). The Balaban J connectivity index is 2.39. The van der Waals surface area contributed by atoms with Gasteiger partial charge in [0.1, 0.15) is 0 Å². The highest BCUT2D eigenvalue weighted by Crippen LogP contribution is 2.26. The first-order valence-corrected chi connectivity index (χ1v) is 5.58. The molecule has 17 heavy (non-hydrogen) atoms. The van der Waals surface area contributed by atoms with Crippen LogP contribution < -0.4 is 5.32 Å². The second-order valence-corrected chi connectivity index (χ2v) is 4.22. The molecule has 1 aromatic heterocycles. The van der Waals surface area contributed by atoms with Crippen molar-refractivity contribution in [2.75, 3.05) is 7.05 Å². The molecule has 0 aliphatic rings. The summed E-state index contributed by atoms with van der Waals surface area (Å²) in [4.78, 5) is 0. The maximum absolute atomic E-state index is 13.2. The Morgan fingerprint density at radius 3 is 2.59 bits per heavy atom. The van der Waals surface area contributed by atoms with Crippen LogP contribution in [0.3, 0.4) is 0 Å². The smallest absolute Gasteiger partial charge is 0.160 e. The van der Waals surface area contributed by atoms with E-state index < -0.39 is 5.82 Å². The van der Waals surface area contributed by atoms with Gasteiger partial charge in [0.05, 0.1) is 27.6 Å². The Morgan fingerprint density at radius 2 is 2.00 bits per heavy atom. The lowest BCUT2D eigenvalue weighted by Gasteiger charge is -2.03. The summed E-state index contributed by atoms with van der Waals surface area (Å²) < 4.78 is 14.7. The summed E-state index contributed by atoms with van der Waals surface area (Å²) in [6.07, 6.45) is 1.72. The number of nitrogens with zero attached hydrogens (tertiary/aromatic N) is 3. The third kappa shape index (κ3) is 2.57. The number of nitrogens with one attached hydrogen (secondary N) is 1. The van der Waals surface area contributed by atoms with Crippen LogP contribution in [0.25, 0.3) is 5.69 Å². The van der Waals surface area contributed by atoms with Gasteiger partial charge in [0.2, 0.25) is 0 Å². The van der Waals surface area contributed by atoms with E-state index in [0.717, 1.165) is 5.69 Å². The molecule has 0 saturated carbocycles. The molecule has 0 aliphatic heterocycles. The summed E-state index contributed by atoms with van der Waals surface area (Å²) >= 11 is 11.4. The van der Waals surface area contributed by atoms with Crippen molar-refractivity contribution in [3.8, 4) is 5.69 Å². The molecule has 1 heterocycles. The Labute approximate surface area is 107 Å². The lowest BCUT2D eigenvalue weighted by molar-refractivity contribution is 0.627. The molecule has 2 aromatic rings. The van der Waals surface area contributed by atoms with Gasteiger partial charge in [-0.1, -0.05) is 28.4 Å².